The number of piperidine rings is 1. The summed E-state index contributed by atoms with van der Waals surface area (Å²) < 4.78 is 2.22. The molecule has 1 aliphatic heterocycles. The van der Waals surface area contributed by atoms with E-state index in [2.05, 4.69) is 40.0 Å². The zero-order valence-corrected chi connectivity index (χ0v) is 12.0. The molecule has 1 aliphatic rings. The highest BCUT2D eigenvalue weighted by Crippen LogP contribution is 2.17. The van der Waals surface area contributed by atoms with E-state index in [4.69, 9.17) is 0 Å². The maximum atomic E-state index is 9.95. The second-order valence-corrected chi connectivity index (χ2v) is 5.84. The Morgan fingerprint density at radius 2 is 2.35 bits per heavy atom. The van der Waals surface area contributed by atoms with Crippen molar-refractivity contribution in [2.45, 2.75) is 51.3 Å². The van der Waals surface area contributed by atoms with Crippen LogP contribution in [0.15, 0.2) is 24.5 Å². The van der Waals surface area contributed by atoms with E-state index in [1.807, 2.05) is 6.33 Å². The first-order chi connectivity index (χ1) is 9.74. The first-order valence-electron chi connectivity index (χ1n) is 7.57. The van der Waals surface area contributed by atoms with Crippen molar-refractivity contribution < 1.29 is 5.11 Å². The summed E-state index contributed by atoms with van der Waals surface area (Å²) in [5.41, 5.74) is 3.54. The number of nitrogens with one attached hydrogen (secondary N) is 1. The lowest BCUT2D eigenvalue weighted by Gasteiger charge is -2.29. The Labute approximate surface area is 119 Å². The molecular weight excluding hydrogens is 250 g/mol. The lowest BCUT2D eigenvalue weighted by molar-refractivity contribution is 0.0909. The molecule has 0 spiro atoms. The number of imidazole rings is 1. The zero-order chi connectivity index (χ0) is 13.9. The van der Waals surface area contributed by atoms with E-state index in [1.54, 1.807) is 0 Å². The maximum Gasteiger partial charge on any atom is 0.0958 e. The Bertz CT molecular complexity index is 578. The van der Waals surface area contributed by atoms with Gasteiger partial charge in [0.15, 0.2) is 0 Å². The molecule has 0 saturated carbocycles. The van der Waals surface area contributed by atoms with Crippen molar-refractivity contribution in [1.82, 2.24) is 14.9 Å². The van der Waals surface area contributed by atoms with Crippen LogP contribution in [0.5, 0.6) is 0 Å². The van der Waals surface area contributed by atoms with Crippen LogP contribution in [-0.2, 0) is 6.54 Å². The summed E-state index contributed by atoms with van der Waals surface area (Å²) >= 11 is 0. The van der Waals surface area contributed by atoms with Gasteiger partial charge >= 0.3 is 0 Å². The van der Waals surface area contributed by atoms with Gasteiger partial charge in [0.05, 0.1) is 23.5 Å². The van der Waals surface area contributed by atoms with E-state index in [1.165, 1.54) is 11.1 Å². The highest BCUT2D eigenvalue weighted by molar-refractivity contribution is 5.75. The quantitative estimate of drug-likeness (QED) is 0.898. The van der Waals surface area contributed by atoms with Crippen molar-refractivity contribution in [2.75, 3.05) is 6.54 Å². The molecule has 1 saturated heterocycles. The molecule has 3 rings (SSSR count). The molecule has 1 fully saturated rings. The minimum Gasteiger partial charge on any atom is -0.392 e. The number of aryl methyl sites for hydroxylation is 2. The lowest BCUT2D eigenvalue weighted by atomic mass is 9.97. The van der Waals surface area contributed by atoms with E-state index in [0.717, 1.165) is 44.3 Å². The van der Waals surface area contributed by atoms with E-state index in [0.29, 0.717) is 0 Å². The molecule has 2 aromatic rings. The molecule has 4 nitrogen and oxygen atoms in total. The summed E-state index contributed by atoms with van der Waals surface area (Å²) in [7, 11) is 0. The monoisotopic (exact) mass is 273 g/mol. The first kappa shape index (κ1) is 13.6. The van der Waals surface area contributed by atoms with Crippen LogP contribution in [0.3, 0.4) is 0 Å². The van der Waals surface area contributed by atoms with E-state index < -0.39 is 0 Å². The number of aromatic nitrogens is 2. The second-order valence-electron chi connectivity index (χ2n) is 5.84. The highest BCUT2D eigenvalue weighted by atomic mass is 16.3. The van der Waals surface area contributed by atoms with Crippen molar-refractivity contribution in [2.24, 2.45) is 0 Å². The standard InChI is InChI=1S/C16H23N3O/c1-12-6-7-13-15(10-12)19(11-18-13)9-3-4-14-16(20)5-2-8-17-14/h6-7,10-11,14,16-17,20H,2-5,8-9H2,1H3/t14-,16+/m1/s1. The number of fused-ring (bicyclic) bond motifs is 1. The van der Waals surface area contributed by atoms with Crippen LogP contribution in [0.25, 0.3) is 11.0 Å². The summed E-state index contributed by atoms with van der Waals surface area (Å²) in [5, 5.41) is 13.4. The number of hydrogen-bond donors (Lipinski definition) is 2. The minimum atomic E-state index is -0.175. The lowest BCUT2D eigenvalue weighted by Crippen LogP contribution is -2.44. The third kappa shape index (κ3) is 2.86. The van der Waals surface area contributed by atoms with Gasteiger partial charge in [-0.2, -0.15) is 0 Å². The molecule has 1 aromatic carbocycles. The average Bonchev–Trinajstić information content (AvgIpc) is 2.83. The number of aliphatic hydroxyl groups excluding tert-OH is 1. The van der Waals surface area contributed by atoms with Crippen molar-refractivity contribution in [1.29, 1.82) is 0 Å². The van der Waals surface area contributed by atoms with Gasteiger partial charge in [-0.05, 0) is 56.8 Å². The van der Waals surface area contributed by atoms with E-state index >= 15 is 0 Å². The third-order valence-electron chi connectivity index (χ3n) is 4.24. The first-order valence-corrected chi connectivity index (χ1v) is 7.57. The Hall–Kier alpha value is -1.39. The van der Waals surface area contributed by atoms with Gasteiger partial charge in [-0.15, -0.1) is 0 Å². The minimum absolute atomic E-state index is 0.175. The molecule has 2 N–H and O–H groups in total. The summed E-state index contributed by atoms with van der Waals surface area (Å²) in [6.45, 7) is 4.11. The number of hydrogen-bond acceptors (Lipinski definition) is 3. The third-order valence-corrected chi connectivity index (χ3v) is 4.24. The second kappa shape index (κ2) is 5.94. The van der Waals surface area contributed by atoms with Crippen LogP contribution in [0.2, 0.25) is 0 Å². The number of rotatable bonds is 4. The molecule has 0 unspecified atom stereocenters. The summed E-state index contributed by atoms with van der Waals surface area (Å²) in [5.74, 6) is 0. The van der Waals surface area contributed by atoms with Gasteiger partial charge in [-0.1, -0.05) is 6.07 Å². The molecule has 2 heterocycles. The van der Waals surface area contributed by atoms with Crippen LogP contribution >= 0.6 is 0 Å². The maximum absolute atomic E-state index is 9.95. The van der Waals surface area contributed by atoms with Crippen LogP contribution in [0, 0.1) is 6.92 Å². The Kier molecular flexibility index (Phi) is 4.03. The predicted molar refractivity (Wildman–Crippen MR) is 80.7 cm³/mol. The van der Waals surface area contributed by atoms with Crippen molar-refractivity contribution in [3.05, 3.63) is 30.1 Å². The Morgan fingerprint density at radius 1 is 1.45 bits per heavy atom. The van der Waals surface area contributed by atoms with Gasteiger partial charge in [0.1, 0.15) is 0 Å². The Morgan fingerprint density at radius 3 is 3.20 bits per heavy atom. The molecular formula is C16H23N3O. The number of benzene rings is 1. The summed E-state index contributed by atoms with van der Waals surface area (Å²) in [6, 6.07) is 6.63. The van der Waals surface area contributed by atoms with Crippen molar-refractivity contribution in [3.63, 3.8) is 0 Å². The van der Waals surface area contributed by atoms with Gasteiger partial charge in [0.2, 0.25) is 0 Å². The summed E-state index contributed by atoms with van der Waals surface area (Å²) in [6.07, 6.45) is 5.86. The fourth-order valence-electron chi connectivity index (χ4n) is 3.06. The van der Waals surface area contributed by atoms with Gasteiger partial charge < -0.3 is 15.0 Å². The van der Waals surface area contributed by atoms with Crippen molar-refractivity contribution >= 4 is 11.0 Å². The smallest absolute Gasteiger partial charge is 0.0958 e. The fourth-order valence-corrected chi connectivity index (χ4v) is 3.06. The molecule has 0 aliphatic carbocycles. The molecule has 1 aromatic heterocycles. The van der Waals surface area contributed by atoms with Gasteiger partial charge in [-0.3, -0.25) is 0 Å². The normalized spacial score (nSPS) is 23.3. The summed E-state index contributed by atoms with van der Waals surface area (Å²) in [4.78, 5) is 4.44. The molecule has 0 radical (unpaired) electrons. The van der Waals surface area contributed by atoms with Gasteiger partial charge in [0.25, 0.3) is 0 Å². The molecule has 4 heteroatoms. The van der Waals surface area contributed by atoms with E-state index in [9.17, 15) is 5.11 Å². The molecule has 0 bridgehead atoms. The van der Waals surface area contributed by atoms with Crippen LogP contribution in [0.4, 0.5) is 0 Å². The molecule has 20 heavy (non-hydrogen) atoms. The number of aliphatic hydroxyl groups is 1. The predicted octanol–water partition coefficient (Wildman–Crippen LogP) is 2.24. The topological polar surface area (TPSA) is 50.1 Å². The zero-order valence-electron chi connectivity index (χ0n) is 12.0. The highest BCUT2D eigenvalue weighted by Gasteiger charge is 2.21. The molecule has 2 atom stereocenters. The van der Waals surface area contributed by atoms with Crippen LogP contribution in [-0.4, -0.2) is 33.3 Å². The van der Waals surface area contributed by atoms with E-state index in [-0.39, 0.29) is 12.1 Å². The van der Waals surface area contributed by atoms with Gasteiger partial charge in [0, 0.05) is 12.6 Å². The molecule has 0 amide bonds. The Balaban J connectivity index is 1.61. The SMILES string of the molecule is Cc1ccc2ncn(CCC[C@H]3NCCC[C@@H]3O)c2c1. The van der Waals surface area contributed by atoms with Gasteiger partial charge in [-0.25, -0.2) is 4.98 Å². The van der Waals surface area contributed by atoms with Crippen LogP contribution < -0.4 is 5.32 Å². The van der Waals surface area contributed by atoms with Crippen LogP contribution in [0.1, 0.15) is 31.2 Å². The largest absolute Gasteiger partial charge is 0.392 e. The van der Waals surface area contributed by atoms with Crippen molar-refractivity contribution in [3.8, 4) is 0 Å². The number of nitrogens with zero attached hydrogens (tertiary/aromatic N) is 2. The molecule has 108 valence electrons. The fraction of sp³-hybridized carbons (Fsp3) is 0.562. The average molecular weight is 273 g/mol.